The van der Waals surface area contributed by atoms with Crippen LogP contribution in [0.15, 0.2) is 24.3 Å². The van der Waals surface area contributed by atoms with E-state index in [1.165, 1.54) is 6.07 Å². The molecule has 2 atom stereocenters. The lowest BCUT2D eigenvalue weighted by molar-refractivity contribution is -0.137. The van der Waals surface area contributed by atoms with E-state index in [2.05, 4.69) is 10.6 Å². The largest absolute Gasteiger partial charge is 0.416 e. The summed E-state index contributed by atoms with van der Waals surface area (Å²) in [7, 11) is 0. The molecule has 1 aromatic rings. The lowest BCUT2D eigenvalue weighted by Crippen LogP contribution is -2.45. The van der Waals surface area contributed by atoms with Gasteiger partial charge in [0.1, 0.15) is 0 Å². The van der Waals surface area contributed by atoms with E-state index < -0.39 is 17.8 Å². The van der Waals surface area contributed by atoms with E-state index in [4.69, 9.17) is 4.74 Å². The van der Waals surface area contributed by atoms with Crippen LogP contribution in [0.25, 0.3) is 0 Å². The second kappa shape index (κ2) is 9.40. The fourth-order valence-corrected chi connectivity index (χ4v) is 2.75. The first-order valence-corrected chi connectivity index (χ1v) is 8.05. The minimum atomic E-state index is -4.40. The quantitative estimate of drug-likeness (QED) is 0.824. The first kappa shape index (κ1) is 21.7. The van der Waals surface area contributed by atoms with Crippen molar-refractivity contribution in [2.45, 2.75) is 38.5 Å². The molecular formula is C17H24ClF3N2O2. The molecule has 2 N–H and O–H groups in total. The molecule has 8 heteroatoms. The highest BCUT2D eigenvalue weighted by molar-refractivity contribution is 5.85. The average Bonchev–Trinajstić information content (AvgIpc) is 2.52. The minimum Gasteiger partial charge on any atom is -0.378 e. The molecule has 1 amide bonds. The van der Waals surface area contributed by atoms with Crippen LogP contribution in [0.3, 0.4) is 0 Å². The van der Waals surface area contributed by atoms with Gasteiger partial charge < -0.3 is 15.4 Å². The molecule has 0 radical (unpaired) electrons. The van der Waals surface area contributed by atoms with Crippen molar-refractivity contribution in [2.24, 2.45) is 5.92 Å². The molecule has 4 nitrogen and oxygen atoms in total. The number of hydrogen-bond donors (Lipinski definition) is 2. The number of amides is 1. The molecule has 1 aliphatic heterocycles. The normalized spacial score (nSPS) is 19.2. The SMILES string of the molecule is CC(C)C(NC(=O)CC1COCCN1)c1cccc(C(F)(F)F)c1.Cl. The number of ether oxygens (including phenoxy) is 1. The van der Waals surface area contributed by atoms with Crippen LogP contribution in [0.1, 0.15) is 37.4 Å². The molecule has 25 heavy (non-hydrogen) atoms. The van der Waals surface area contributed by atoms with Crippen molar-refractivity contribution in [2.75, 3.05) is 19.8 Å². The molecule has 2 unspecified atom stereocenters. The fraction of sp³-hybridized carbons (Fsp3) is 0.588. The Morgan fingerprint density at radius 2 is 2.12 bits per heavy atom. The van der Waals surface area contributed by atoms with E-state index in [1.807, 2.05) is 13.8 Å². The first-order valence-electron chi connectivity index (χ1n) is 8.05. The molecule has 1 aliphatic rings. The molecule has 0 saturated carbocycles. The lowest BCUT2D eigenvalue weighted by Gasteiger charge is -2.27. The molecule has 1 saturated heterocycles. The Balaban J connectivity index is 0.00000312. The smallest absolute Gasteiger partial charge is 0.378 e. The molecule has 0 bridgehead atoms. The number of carbonyl (C=O) groups is 1. The Morgan fingerprint density at radius 1 is 1.40 bits per heavy atom. The number of halogens is 4. The first-order chi connectivity index (χ1) is 11.3. The second-order valence-corrected chi connectivity index (χ2v) is 6.34. The summed E-state index contributed by atoms with van der Waals surface area (Å²) in [6.07, 6.45) is -4.16. The number of alkyl halides is 3. The number of benzene rings is 1. The van der Waals surface area contributed by atoms with Gasteiger partial charge in [-0.3, -0.25) is 4.79 Å². The van der Waals surface area contributed by atoms with Crippen molar-refractivity contribution in [3.8, 4) is 0 Å². The Labute approximate surface area is 151 Å². The van der Waals surface area contributed by atoms with E-state index in [1.54, 1.807) is 6.07 Å². The number of rotatable bonds is 5. The van der Waals surface area contributed by atoms with E-state index in [-0.39, 0.29) is 36.7 Å². The number of hydrogen-bond acceptors (Lipinski definition) is 3. The van der Waals surface area contributed by atoms with Crippen molar-refractivity contribution >= 4 is 18.3 Å². The molecule has 1 aromatic carbocycles. The zero-order chi connectivity index (χ0) is 17.7. The van der Waals surface area contributed by atoms with Crippen molar-refractivity contribution < 1.29 is 22.7 Å². The van der Waals surface area contributed by atoms with E-state index in [0.717, 1.165) is 12.1 Å². The Bertz CT molecular complexity index is 561. The average molecular weight is 381 g/mol. The number of nitrogens with one attached hydrogen (secondary N) is 2. The van der Waals surface area contributed by atoms with Crippen molar-refractivity contribution in [3.05, 3.63) is 35.4 Å². The summed E-state index contributed by atoms with van der Waals surface area (Å²) in [5.74, 6) is -0.234. The van der Waals surface area contributed by atoms with Crippen LogP contribution in [0.5, 0.6) is 0 Å². The summed E-state index contributed by atoms with van der Waals surface area (Å²) in [5.41, 5.74) is -0.247. The van der Waals surface area contributed by atoms with Crippen molar-refractivity contribution in [1.29, 1.82) is 0 Å². The summed E-state index contributed by atoms with van der Waals surface area (Å²) in [6, 6.07) is 4.59. The van der Waals surface area contributed by atoms with Gasteiger partial charge in [-0.25, -0.2) is 0 Å². The molecule has 0 aromatic heterocycles. The van der Waals surface area contributed by atoms with Crippen LogP contribution >= 0.6 is 12.4 Å². The van der Waals surface area contributed by atoms with Crippen LogP contribution in [0, 0.1) is 5.92 Å². The highest BCUT2D eigenvalue weighted by Crippen LogP contribution is 2.32. The minimum absolute atomic E-state index is 0. The Hall–Kier alpha value is -1.31. The zero-order valence-corrected chi connectivity index (χ0v) is 15.0. The molecule has 2 rings (SSSR count). The van der Waals surface area contributed by atoms with Gasteiger partial charge in [0.25, 0.3) is 0 Å². The van der Waals surface area contributed by atoms with E-state index in [0.29, 0.717) is 25.3 Å². The molecule has 1 fully saturated rings. The Morgan fingerprint density at radius 3 is 2.68 bits per heavy atom. The molecule has 142 valence electrons. The standard InChI is InChI=1S/C17H23F3N2O2.ClH/c1-11(2)16(12-4-3-5-13(8-12)17(18,19)20)22-15(23)9-14-10-24-7-6-21-14;/h3-5,8,11,14,16,21H,6-7,9-10H2,1-2H3,(H,22,23);1H. The predicted octanol–water partition coefficient (Wildman–Crippen LogP) is 3.32. The predicted molar refractivity (Wildman–Crippen MR) is 91.6 cm³/mol. The van der Waals surface area contributed by atoms with Crippen LogP contribution in [0.2, 0.25) is 0 Å². The fourth-order valence-electron chi connectivity index (χ4n) is 2.75. The maximum Gasteiger partial charge on any atom is 0.416 e. The highest BCUT2D eigenvalue weighted by atomic mass is 35.5. The van der Waals surface area contributed by atoms with Crippen LogP contribution in [-0.2, 0) is 15.7 Å². The van der Waals surface area contributed by atoms with Gasteiger partial charge in [-0.2, -0.15) is 13.2 Å². The van der Waals surface area contributed by atoms with Gasteiger partial charge in [-0.15, -0.1) is 12.4 Å². The van der Waals surface area contributed by atoms with Crippen LogP contribution in [0.4, 0.5) is 13.2 Å². The summed E-state index contributed by atoms with van der Waals surface area (Å²) in [6.45, 7) is 5.51. The van der Waals surface area contributed by atoms with E-state index in [9.17, 15) is 18.0 Å². The van der Waals surface area contributed by atoms with Gasteiger partial charge in [0.05, 0.1) is 24.8 Å². The summed E-state index contributed by atoms with van der Waals surface area (Å²) < 4.78 is 44.0. The molecule has 1 heterocycles. The van der Waals surface area contributed by atoms with Gasteiger partial charge in [-0.1, -0.05) is 26.0 Å². The third kappa shape index (κ3) is 6.49. The maximum atomic E-state index is 12.9. The second-order valence-electron chi connectivity index (χ2n) is 6.34. The topological polar surface area (TPSA) is 50.4 Å². The third-order valence-corrected chi connectivity index (χ3v) is 3.99. The number of carbonyl (C=O) groups excluding carboxylic acids is 1. The summed E-state index contributed by atoms with van der Waals surface area (Å²) in [5, 5.41) is 6.04. The van der Waals surface area contributed by atoms with E-state index >= 15 is 0 Å². The third-order valence-electron chi connectivity index (χ3n) is 3.99. The van der Waals surface area contributed by atoms with Crippen LogP contribution in [-0.4, -0.2) is 31.7 Å². The van der Waals surface area contributed by atoms with Gasteiger partial charge >= 0.3 is 6.18 Å². The zero-order valence-electron chi connectivity index (χ0n) is 14.2. The van der Waals surface area contributed by atoms with Gasteiger partial charge in [0, 0.05) is 19.0 Å². The van der Waals surface area contributed by atoms with Gasteiger partial charge in [0.2, 0.25) is 5.91 Å². The van der Waals surface area contributed by atoms with Crippen LogP contribution < -0.4 is 10.6 Å². The maximum absolute atomic E-state index is 12.9. The highest BCUT2D eigenvalue weighted by Gasteiger charge is 2.31. The molecule has 0 spiro atoms. The van der Waals surface area contributed by atoms with Crippen molar-refractivity contribution in [1.82, 2.24) is 10.6 Å². The lowest BCUT2D eigenvalue weighted by atomic mass is 9.94. The molecular weight excluding hydrogens is 357 g/mol. The summed E-state index contributed by atoms with van der Waals surface area (Å²) in [4.78, 5) is 12.3. The number of morpholine rings is 1. The summed E-state index contributed by atoms with van der Waals surface area (Å²) >= 11 is 0. The van der Waals surface area contributed by atoms with Crippen molar-refractivity contribution in [3.63, 3.8) is 0 Å². The monoisotopic (exact) mass is 380 g/mol. The molecule has 0 aliphatic carbocycles. The van der Waals surface area contributed by atoms with Gasteiger partial charge in [0.15, 0.2) is 0 Å². The Kier molecular flexibility index (Phi) is 8.18. The van der Waals surface area contributed by atoms with Gasteiger partial charge in [-0.05, 0) is 23.6 Å².